The molecule has 0 spiro atoms. The van der Waals surface area contributed by atoms with Crippen molar-refractivity contribution in [3.63, 3.8) is 0 Å². The minimum atomic E-state index is -0.137. The van der Waals surface area contributed by atoms with E-state index in [0.717, 1.165) is 13.0 Å². The lowest BCUT2D eigenvalue weighted by Crippen LogP contribution is -2.32. The number of ketones is 1. The molecule has 1 heterocycles. The molecule has 2 heteroatoms. The van der Waals surface area contributed by atoms with Crippen molar-refractivity contribution in [1.82, 2.24) is 5.32 Å². The molecule has 1 aliphatic heterocycles. The van der Waals surface area contributed by atoms with Crippen molar-refractivity contribution in [2.24, 2.45) is 5.41 Å². The van der Waals surface area contributed by atoms with E-state index in [4.69, 9.17) is 0 Å². The standard InChI is InChI=1S/C10H19NO/c1-8(12)10(2,3)7-9-5-4-6-11-9/h9,11H,4-7H2,1-3H3. The van der Waals surface area contributed by atoms with E-state index in [1.165, 1.54) is 12.8 Å². The Bertz CT molecular complexity index is 169. The van der Waals surface area contributed by atoms with Gasteiger partial charge in [0.15, 0.2) is 0 Å². The quantitative estimate of drug-likeness (QED) is 0.697. The highest BCUT2D eigenvalue weighted by Crippen LogP contribution is 2.26. The summed E-state index contributed by atoms with van der Waals surface area (Å²) in [6, 6.07) is 0.573. The minimum absolute atomic E-state index is 0.137. The Morgan fingerprint density at radius 1 is 1.58 bits per heavy atom. The molecular weight excluding hydrogens is 150 g/mol. The highest BCUT2D eigenvalue weighted by molar-refractivity contribution is 5.81. The molecule has 70 valence electrons. The molecule has 1 rings (SSSR count). The molecule has 1 aliphatic rings. The van der Waals surface area contributed by atoms with Gasteiger partial charge in [-0.15, -0.1) is 0 Å². The maximum Gasteiger partial charge on any atom is 0.135 e. The van der Waals surface area contributed by atoms with Gasteiger partial charge in [-0.2, -0.15) is 0 Å². The summed E-state index contributed by atoms with van der Waals surface area (Å²) in [7, 11) is 0. The first-order valence-corrected chi connectivity index (χ1v) is 4.77. The first kappa shape index (κ1) is 9.72. The first-order valence-electron chi connectivity index (χ1n) is 4.77. The fourth-order valence-corrected chi connectivity index (χ4v) is 1.69. The van der Waals surface area contributed by atoms with Crippen molar-refractivity contribution in [2.75, 3.05) is 6.54 Å². The van der Waals surface area contributed by atoms with Gasteiger partial charge in [0.1, 0.15) is 5.78 Å². The summed E-state index contributed by atoms with van der Waals surface area (Å²) in [5, 5.41) is 3.42. The van der Waals surface area contributed by atoms with E-state index in [1.807, 2.05) is 13.8 Å². The van der Waals surface area contributed by atoms with Crippen molar-refractivity contribution in [3.05, 3.63) is 0 Å². The van der Waals surface area contributed by atoms with E-state index in [-0.39, 0.29) is 5.41 Å². The van der Waals surface area contributed by atoms with Crippen LogP contribution >= 0.6 is 0 Å². The Morgan fingerprint density at radius 2 is 2.25 bits per heavy atom. The maximum atomic E-state index is 11.2. The number of hydrogen-bond acceptors (Lipinski definition) is 2. The highest BCUT2D eigenvalue weighted by atomic mass is 16.1. The van der Waals surface area contributed by atoms with Crippen LogP contribution in [0.5, 0.6) is 0 Å². The summed E-state index contributed by atoms with van der Waals surface area (Å²) in [5.41, 5.74) is -0.137. The van der Waals surface area contributed by atoms with Crippen LogP contribution in [-0.4, -0.2) is 18.4 Å². The molecule has 0 radical (unpaired) electrons. The smallest absolute Gasteiger partial charge is 0.135 e. The van der Waals surface area contributed by atoms with E-state index < -0.39 is 0 Å². The Balaban J connectivity index is 2.42. The van der Waals surface area contributed by atoms with Gasteiger partial charge < -0.3 is 5.32 Å². The molecule has 0 aliphatic carbocycles. The largest absolute Gasteiger partial charge is 0.314 e. The lowest BCUT2D eigenvalue weighted by Gasteiger charge is -2.24. The molecule has 0 saturated carbocycles. The molecule has 0 aromatic heterocycles. The third kappa shape index (κ3) is 2.31. The van der Waals surface area contributed by atoms with Gasteiger partial charge in [-0.3, -0.25) is 4.79 Å². The second-order valence-corrected chi connectivity index (χ2v) is 4.44. The van der Waals surface area contributed by atoms with Gasteiger partial charge in [-0.25, -0.2) is 0 Å². The predicted octanol–water partition coefficient (Wildman–Crippen LogP) is 1.74. The summed E-state index contributed by atoms with van der Waals surface area (Å²) in [5.74, 6) is 0.302. The molecule has 2 nitrogen and oxygen atoms in total. The third-order valence-corrected chi connectivity index (χ3v) is 2.87. The summed E-state index contributed by atoms with van der Waals surface area (Å²) >= 11 is 0. The highest BCUT2D eigenvalue weighted by Gasteiger charge is 2.28. The number of carbonyl (C=O) groups is 1. The maximum absolute atomic E-state index is 11.2. The normalized spacial score (nSPS) is 24.4. The molecule has 12 heavy (non-hydrogen) atoms. The van der Waals surface area contributed by atoms with Crippen molar-refractivity contribution in [2.45, 2.75) is 46.1 Å². The van der Waals surface area contributed by atoms with Crippen molar-refractivity contribution >= 4 is 5.78 Å². The molecule has 1 N–H and O–H groups in total. The lowest BCUT2D eigenvalue weighted by atomic mass is 9.82. The fourth-order valence-electron chi connectivity index (χ4n) is 1.69. The van der Waals surface area contributed by atoms with Gasteiger partial charge in [0.25, 0.3) is 0 Å². The van der Waals surface area contributed by atoms with Crippen LogP contribution in [0.25, 0.3) is 0 Å². The molecule has 0 aromatic carbocycles. The van der Waals surface area contributed by atoms with E-state index in [1.54, 1.807) is 6.92 Å². The number of rotatable bonds is 3. The van der Waals surface area contributed by atoms with Gasteiger partial charge in [0, 0.05) is 11.5 Å². The molecule has 0 bridgehead atoms. The summed E-state index contributed by atoms with van der Waals surface area (Å²) < 4.78 is 0. The number of carbonyl (C=O) groups excluding carboxylic acids is 1. The van der Waals surface area contributed by atoms with Crippen LogP contribution in [0.15, 0.2) is 0 Å². The van der Waals surface area contributed by atoms with E-state index in [9.17, 15) is 4.79 Å². The molecular formula is C10H19NO. The average molecular weight is 169 g/mol. The van der Waals surface area contributed by atoms with Gasteiger partial charge in [-0.1, -0.05) is 13.8 Å². The fraction of sp³-hybridized carbons (Fsp3) is 0.900. The summed E-state index contributed by atoms with van der Waals surface area (Å²) in [6.45, 7) is 6.89. The minimum Gasteiger partial charge on any atom is -0.314 e. The molecule has 0 aromatic rings. The van der Waals surface area contributed by atoms with Gasteiger partial charge in [0.2, 0.25) is 0 Å². The van der Waals surface area contributed by atoms with Crippen LogP contribution in [0.3, 0.4) is 0 Å². The summed E-state index contributed by atoms with van der Waals surface area (Å²) in [6.07, 6.45) is 3.48. The monoisotopic (exact) mass is 169 g/mol. The van der Waals surface area contributed by atoms with Gasteiger partial charge >= 0.3 is 0 Å². The van der Waals surface area contributed by atoms with Crippen molar-refractivity contribution < 1.29 is 4.79 Å². The predicted molar refractivity (Wildman–Crippen MR) is 50.1 cm³/mol. The zero-order valence-corrected chi connectivity index (χ0v) is 8.31. The Hall–Kier alpha value is -0.370. The second kappa shape index (κ2) is 3.56. The van der Waals surface area contributed by atoms with Crippen LogP contribution in [-0.2, 0) is 4.79 Å². The summed E-state index contributed by atoms with van der Waals surface area (Å²) in [4.78, 5) is 11.2. The molecule has 1 fully saturated rings. The molecule has 1 saturated heterocycles. The number of hydrogen-bond donors (Lipinski definition) is 1. The Labute approximate surface area is 74.7 Å². The Morgan fingerprint density at radius 3 is 2.67 bits per heavy atom. The van der Waals surface area contributed by atoms with E-state index in [0.29, 0.717) is 11.8 Å². The third-order valence-electron chi connectivity index (χ3n) is 2.87. The number of nitrogens with one attached hydrogen (secondary N) is 1. The van der Waals surface area contributed by atoms with Crippen LogP contribution in [0.2, 0.25) is 0 Å². The van der Waals surface area contributed by atoms with E-state index in [2.05, 4.69) is 5.32 Å². The topological polar surface area (TPSA) is 29.1 Å². The number of Topliss-reactive ketones (excluding diaryl/α,β-unsaturated/α-hetero) is 1. The molecule has 0 amide bonds. The average Bonchev–Trinajstić information content (AvgIpc) is 2.38. The lowest BCUT2D eigenvalue weighted by molar-refractivity contribution is -0.125. The van der Waals surface area contributed by atoms with Crippen molar-refractivity contribution in [3.8, 4) is 0 Å². The molecule has 1 atom stereocenters. The van der Waals surface area contributed by atoms with Crippen LogP contribution in [0, 0.1) is 5.41 Å². The van der Waals surface area contributed by atoms with Gasteiger partial charge in [-0.05, 0) is 32.7 Å². The van der Waals surface area contributed by atoms with Crippen LogP contribution in [0.4, 0.5) is 0 Å². The SMILES string of the molecule is CC(=O)C(C)(C)CC1CCCN1. The zero-order chi connectivity index (χ0) is 9.19. The van der Waals surface area contributed by atoms with Crippen LogP contribution in [0.1, 0.15) is 40.0 Å². The Kier molecular flexibility index (Phi) is 2.89. The molecule has 1 unspecified atom stereocenters. The van der Waals surface area contributed by atoms with Crippen LogP contribution < -0.4 is 5.32 Å². The second-order valence-electron chi connectivity index (χ2n) is 4.44. The zero-order valence-electron chi connectivity index (χ0n) is 8.31. The van der Waals surface area contributed by atoms with E-state index >= 15 is 0 Å². The van der Waals surface area contributed by atoms with Gasteiger partial charge in [0.05, 0.1) is 0 Å². The first-order chi connectivity index (χ1) is 5.52. The van der Waals surface area contributed by atoms with Crippen molar-refractivity contribution in [1.29, 1.82) is 0 Å².